The third kappa shape index (κ3) is 3.31. The van der Waals surface area contributed by atoms with E-state index >= 15 is 0 Å². The number of aliphatic hydroxyl groups is 1. The molecule has 18 heavy (non-hydrogen) atoms. The molecule has 3 heteroatoms. The van der Waals surface area contributed by atoms with Crippen LogP contribution in [-0.4, -0.2) is 23.3 Å². The Morgan fingerprint density at radius 3 is 2.72 bits per heavy atom. The molecule has 94 valence electrons. The molecule has 0 aliphatic rings. The summed E-state index contributed by atoms with van der Waals surface area (Å²) < 4.78 is 5.27. The monoisotopic (exact) mass is 243 g/mol. The quantitative estimate of drug-likeness (QED) is 0.875. The summed E-state index contributed by atoms with van der Waals surface area (Å²) in [6.07, 6.45) is 4.28. The molecule has 0 bridgehead atoms. The van der Waals surface area contributed by atoms with Crippen LogP contribution in [0.3, 0.4) is 0 Å². The zero-order chi connectivity index (χ0) is 12.8. The van der Waals surface area contributed by atoms with Gasteiger partial charge in [0.15, 0.2) is 0 Å². The Balaban J connectivity index is 2.01. The van der Waals surface area contributed by atoms with Crippen molar-refractivity contribution in [1.29, 1.82) is 0 Å². The number of nitrogens with zero attached hydrogens (tertiary/aromatic N) is 1. The zero-order valence-corrected chi connectivity index (χ0v) is 10.4. The number of hydrogen-bond acceptors (Lipinski definition) is 3. The summed E-state index contributed by atoms with van der Waals surface area (Å²) in [7, 11) is 1.65. The van der Waals surface area contributed by atoms with Gasteiger partial charge in [-0.2, -0.15) is 0 Å². The highest BCUT2D eigenvalue weighted by atomic mass is 16.5. The van der Waals surface area contributed by atoms with Crippen LogP contribution >= 0.6 is 0 Å². The summed E-state index contributed by atoms with van der Waals surface area (Å²) in [4.78, 5) is 4.04. The third-order valence-corrected chi connectivity index (χ3v) is 2.84. The average molecular weight is 243 g/mol. The van der Waals surface area contributed by atoms with E-state index in [1.54, 1.807) is 19.5 Å². The molecule has 3 nitrogen and oxygen atoms in total. The summed E-state index contributed by atoms with van der Waals surface area (Å²) in [6, 6.07) is 11.6. The normalized spacial score (nSPS) is 12.1. The Bertz CT molecular complexity index is 485. The van der Waals surface area contributed by atoms with Crippen LogP contribution in [0.4, 0.5) is 0 Å². The summed E-state index contributed by atoms with van der Waals surface area (Å²) in [5.41, 5.74) is 2.07. The van der Waals surface area contributed by atoms with Gasteiger partial charge in [-0.1, -0.05) is 24.3 Å². The molecule has 0 aliphatic carbocycles. The second kappa shape index (κ2) is 6.17. The first-order valence-corrected chi connectivity index (χ1v) is 5.98. The minimum Gasteiger partial charge on any atom is -0.496 e. The van der Waals surface area contributed by atoms with Crippen LogP contribution < -0.4 is 4.74 Å². The van der Waals surface area contributed by atoms with Crippen molar-refractivity contribution >= 4 is 0 Å². The summed E-state index contributed by atoms with van der Waals surface area (Å²) in [5.74, 6) is 0.822. The van der Waals surface area contributed by atoms with Gasteiger partial charge in [-0.05, 0) is 23.3 Å². The van der Waals surface area contributed by atoms with E-state index in [0.717, 1.165) is 16.9 Å². The maximum Gasteiger partial charge on any atom is 0.122 e. The van der Waals surface area contributed by atoms with Gasteiger partial charge in [-0.15, -0.1) is 0 Å². The van der Waals surface area contributed by atoms with Crippen LogP contribution in [0.1, 0.15) is 11.1 Å². The minimum absolute atomic E-state index is 0.425. The first-order chi connectivity index (χ1) is 8.79. The van der Waals surface area contributed by atoms with E-state index in [4.69, 9.17) is 4.74 Å². The molecule has 1 aromatic carbocycles. The van der Waals surface area contributed by atoms with Gasteiger partial charge in [0.2, 0.25) is 0 Å². The number of methoxy groups -OCH3 is 1. The summed E-state index contributed by atoms with van der Waals surface area (Å²) in [6.45, 7) is 0. The van der Waals surface area contributed by atoms with E-state index in [2.05, 4.69) is 4.98 Å². The van der Waals surface area contributed by atoms with Crippen molar-refractivity contribution in [1.82, 2.24) is 4.98 Å². The molecule has 1 atom stereocenters. The van der Waals surface area contributed by atoms with E-state index in [0.29, 0.717) is 12.8 Å². The molecular weight excluding hydrogens is 226 g/mol. The van der Waals surface area contributed by atoms with E-state index < -0.39 is 6.10 Å². The number of rotatable bonds is 5. The van der Waals surface area contributed by atoms with Crippen LogP contribution in [0.25, 0.3) is 0 Å². The van der Waals surface area contributed by atoms with Gasteiger partial charge in [0.05, 0.1) is 13.2 Å². The van der Waals surface area contributed by atoms with E-state index in [-0.39, 0.29) is 0 Å². The number of pyridine rings is 1. The fourth-order valence-corrected chi connectivity index (χ4v) is 1.99. The van der Waals surface area contributed by atoms with Crippen molar-refractivity contribution in [2.45, 2.75) is 18.9 Å². The van der Waals surface area contributed by atoms with Gasteiger partial charge in [0.25, 0.3) is 0 Å². The first-order valence-electron chi connectivity index (χ1n) is 5.98. The van der Waals surface area contributed by atoms with Gasteiger partial charge in [-0.25, -0.2) is 0 Å². The number of aliphatic hydroxyl groups excluding tert-OH is 1. The lowest BCUT2D eigenvalue weighted by atomic mass is 10.0. The molecule has 0 saturated carbocycles. The molecule has 0 spiro atoms. The van der Waals surface area contributed by atoms with Gasteiger partial charge in [0.1, 0.15) is 5.75 Å². The van der Waals surface area contributed by atoms with Crippen molar-refractivity contribution in [3.63, 3.8) is 0 Å². The number of benzene rings is 1. The number of para-hydroxylation sites is 1. The Morgan fingerprint density at radius 1 is 1.17 bits per heavy atom. The van der Waals surface area contributed by atoms with Crippen molar-refractivity contribution in [2.75, 3.05) is 7.11 Å². The summed E-state index contributed by atoms with van der Waals surface area (Å²) >= 11 is 0. The van der Waals surface area contributed by atoms with Crippen LogP contribution in [-0.2, 0) is 12.8 Å². The molecule has 1 aromatic heterocycles. The van der Waals surface area contributed by atoms with Crippen LogP contribution in [0.5, 0.6) is 5.75 Å². The Hall–Kier alpha value is -1.87. The number of ether oxygens (including phenoxy) is 1. The molecule has 0 radical (unpaired) electrons. The average Bonchev–Trinajstić information content (AvgIpc) is 2.40. The fraction of sp³-hybridized carbons (Fsp3) is 0.267. The van der Waals surface area contributed by atoms with Crippen LogP contribution in [0.2, 0.25) is 0 Å². The predicted octanol–water partition coefficient (Wildman–Crippen LogP) is 2.24. The second-order valence-corrected chi connectivity index (χ2v) is 4.24. The Labute approximate surface area is 107 Å². The second-order valence-electron chi connectivity index (χ2n) is 4.24. The van der Waals surface area contributed by atoms with Crippen molar-refractivity contribution < 1.29 is 9.84 Å². The number of aromatic nitrogens is 1. The molecule has 1 unspecified atom stereocenters. The first kappa shape index (κ1) is 12.6. The van der Waals surface area contributed by atoms with Gasteiger partial charge >= 0.3 is 0 Å². The molecule has 0 saturated heterocycles. The highest BCUT2D eigenvalue weighted by molar-refractivity contribution is 5.33. The smallest absolute Gasteiger partial charge is 0.122 e. The van der Waals surface area contributed by atoms with E-state index in [1.165, 1.54) is 0 Å². The largest absolute Gasteiger partial charge is 0.496 e. The minimum atomic E-state index is -0.425. The fourth-order valence-electron chi connectivity index (χ4n) is 1.99. The Morgan fingerprint density at radius 2 is 2.00 bits per heavy atom. The molecule has 0 amide bonds. The van der Waals surface area contributed by atoms with Crippen molar-refractivity contribution in [2.24, 2.45) is 0 Å². The molecule has 2 rings (SSSR count). The maximum absolute atomic E-state index is 10.1. The highest BCUT2D eigenvalue weighted by Gasteiger charge is 2.10. The molecule has 1 heterocycles. The van der Waals surface area contributed by atoms with Crippen molar-refractivity contribution in [3.05, 3.63) is 59.9 Å². The molecule has 1 N–H and O–H groups in total. The lowest BCUT2D eigenvalue weighted by Gasteiger charge is -2.13. The van der Waals surface area contributed by atoms with Crippen LogP contribution in [0.15, 0.2) is 48.8 Å². The standard InChI is InChI=1S/C15H17NO2/c1-18-15-7-3-2-6-13(15)10-14(17)9-12-5-4-8-16-11-12/h2-8,11,14,17H,9-10H2,1H3. The van der Waals surface area contributed by atoms with E-state index in [1.807, 2.05) is 36.4 Å². The summed E-state index contributed by atoms with van der Waals surface area (Å²) in [5, 5.41) is 10.1. The molecule has 0 fully saturated rings. The van der Waals surface area contributed by atoms with Crippen molar-refractivity contribution in [3.8, 4) is 5.75 Å². The molecular formula is C15H17NO2. The third-order valence-electron chi connectivity index (χ3n) is 2.84. The lowest BCUT2D eigenvalue weighted by molar-refractivity contribution is 0.174. The highest BCUT2D eigenvalue weighted by Crippen LogP contribution is 2.19. The maximum atomic E-state index is 10.1. The predicted molar refractivity (Wildman–Crippen MR) is 70.6 cm³/mol. The number of hydrogen-bond donors (Lipinski definition) is 1. The Kier molecular flexibility index (Phi) is 4.31. The van der Waals surface area contributed by atoms with Gasteiger partial charge < -0.3 is 9.84 Å². The molecule has 2 aromatic rings. The zero-order valence-electron chi connectivity index (χ0n) is 10.4. The van der Waals surface area contributed by atoms with Gasteiger partial charge in [0, 0.05) is 25.2 Å². The van der Waals surface area contributed by atoms with Crippen LogP contribution in [0, 0.1) is 0 Å². The van der Waals surface area contributed by atoms with E-state index in [9.17, 15) is 5.11 Å². The lowest BCUT2D eigenvalue weighted by Crippen LogP contribution is -2.14. The van der Waals surface area contributed by atoms with Gasteiger partial charge in [-0.3, -0.25) is 4.98 Å². The SMILES string of the molecule is COc1ccccc1CC(O)Cc1cccnc1. The molecule has 0 aliphatic heterocycles. The topological polar surface area (TPSA) is 42.4 Å².